The Morgan fingerprint density at radius 3 is 1.83 bits per heavy atom. The second kappa shape index (κ2) is 23.7. The summed E-state index contributed by atoms with van der Waals surface area (Å²) in [7, 11) is 4.96. The minimum atomic E-state index is -5.51. The molecule has 21 heteroatoms. The highest BCUT2D eigenvalue weighted by Gasteiger charge is 2.67. The normalized spacial score (nSPS) is 21.3. The van der Waals surface area contributed by atoms with Crippen molar-refractivity contribution in [2.75, 3.05) is 73.7 Å². The first-order chi connectivity index (χ1) is 35.4. The Balaban J connectivity index is 0.894. The van der Waals surface area contributed by atoms with E-state index in [-0.39, 0.29) is 77.8 Å². The number of likely N-dealkylation sites (N-methyl/N-ethyl adjacent to an activating group) is 1. The number of hydrogen-bond donors (Lipinski definition) is 1. The third kappa shape index (κ3) is 12.7. The molecule has 4 fully saturated rings. The van der Waals surface area contributed by atoms with E-state index in [1.165, 1.54) is 18.7 Å². The number of carbonyl (C=O) groups is 4. The molecular weight excluding hydrogens is 1030 g/mol. The molecule has 7 rings (SSSR count). The zero-order valence-corrected chi connectivity index (χ0v) is 44.3. The molecular formula is C54H66Cl2F6N4O9. The number of benzene rings is 3. The van der Waals surface area contributed by atoms with Crippen molar-refractivity contribution in [3.63, 3.8) is 0 Å². The number of amides is 4. The number of piperidine rings is 2. The molecule has 412 valence electrons. The van der Waals surface area contributed by atoms with Gasteiger partial charge >= 0.3 is 12.4 Å². The van der Waals surface area contributed by atoms with Gasteiger partial charge in [-0.05, 0) is 124 Å². The molecule has 5 atom stereocenters. The molecule has 0 aromatic heterocycles. The highest BCUT2D eigenvalue weighted by Crippen LogP contribution is 2.50. The van der Waals surface area contributed by atoms with Gasteiger partial charge in [-0.25, -0.2) is 0 Å². The van der Waals surface area contributed by atoms with Gasteiger partial charge in [-0.3, -0.25) is 19.2 Å². The molecule has 1 saturated carbocycles. The van der Waals surface area contributed by atoms with Gasteiger partial charge in [-0.1, -0.05) is 55.6 Å². The molecule has 3 aromatic carbocycles. The summed E-state index contributed by atoms with van der Waals surface area (Å²) in [6, 6.07) is 12.7. The van der Waals surface area contributed by atoms with Gasteiger partial charge in [0, 0.05) is 65.4 Å². The molecule has 3 heterocycles. The lowest BCUT2D eigenvalue weighted by molar-refractivity contribution is -0.262. The first kappa shape index (κ1) is 57.7. The fourth-order valence-electron chi connectivity index (χ4n) is 10.6. The number of alkyl halides is 6. The predicted molar refractivity (Wildman–Crippen MR) is 268 cm³/mol. The maximum Gasteiger partial charge on any atom is 0.437 e. The highest BCUT2D eigenvalue weighted by atomic mass is 35.5. The fourth-order valence-corrected chi connectivity index (χ4v) is 11.1. The number of hydrogen-bond acceptors (Lipinski definition) is 9. The van der Waals surface area contributed by atoms with Gasteiger partial charge in [0.15, 0.2) is 0 Å². The number of unbranched alkanes of at least 4 members (excludes halogenated alkanes) is 1. The van der Waals surface area contributed by atoms with Crippen molar-refractivity contribution in [3.8, 4) is 17.2 Å². The van der Waals surface area contributed by atoms with Gasteiger partial charge in [0.1, 0.15) is 17.2 Å². The lowest BCUT2D eigenvalue weighted by Crippen LogP contribution is -2.65. The largest absolute Gasteiger partial charge is 0.494 e. The van der Waals surface area contributed by atoms with Crippen molar-refractivity contribution in [1.82, 2.24) is 19.6 Å². The van der Waals surface area contributed by atoms with E-state index in [0.717, 1.165) is 41.2 Å². The molecule has 13 nitrogen and oxygen atoms in total. The quantitative estimate of drug-likeness (QED) is 0.0919. The van der Waals surface area contributed by atoms with E-state index in [2.05, 4.69) is 0 Å². The number of carbonyl (C=O) groups excluding carboxylic acids is 4. The van der Waals surface area contributed by atoms with Crippen LogP contribution in [0.5, 0.6) is 17.2 Å². The molecule has 4 aliphatic rings. The number of rotatable bonds is 19. The maximum atomic E-state index is 15.3. The van der Waals surface area contributed by atoms with Gasteiger partial charge in [0.25, 0.3) is 34.8 Å². The summed E-state index contributed by atoms with van der Waals surface area (Å²) in [6.45, 7) is 4.09. The molecule has 2 unspecified atom stereocenters. The average molecular weight is 1100 g/mol. The van der Waals surface area contributed by atoms with Crippen LogP contribution in [0.2, 0.25) is 10.0 Å². The number of ether oxygens (including phenoxy) is 4. The van der Waals surface area contributed by atoms with E-state index < -0.39 is 52.6 Å². The third-order valence-corrected chi connectivity index (χ3v) is 16.0. The van der Waals surface area contributed by atoms with Crippen LogP contribution in [0.3, 0.4) is 0 Å². The van der Waals surface area contributed by atoms with Crippen LogP contribution in [0.25, 0.3) is 0 Å². The molecule has 0 radical (unpaired) electrons. The minimum absolute atomic E-state index is 0.0161. The molecule has 3 saturated heterocycles. The fraction of sp³-hybridized carbons (Fsp3) is 0.593. The molecule has 0 bridgehead atoms. The summed E-state index contributed by atoms with van der Waals surface area (Å²) in [4.78, 5) is 58.2. The Morgan fingerprint density at radius 1 is 0.733 bits per heavy atom. The van der Waals surface area contributed by atoms with Crippen LogP contribution in [0.4, 0.5) is 26.3 Å². The Bertz CT molecular complexity index is 2500. The summed E-state index contributed by atoms with van der Waals surface area (Å²) >= 11 is 12.8. The Morgan fingerprint density at radius 2 is 1.29 bits per heavy atom. The van der Waals surface area contributed by atoms with Crippen molar-refractivity contribution in [2.45, 2.75) is 101 Å². The smallest absolute Gasteiger partial charge is 0.437 e. The standard InChI is InChI=1S/C54H66Cl2F6N4O9/c1-33(2)52(54(60,61)62,50(70)66-24-19-35(20-25-66)44-28-36(44)31-74-41-14-15-42(45(55)30-41)47(67)63(3)4)75-39-11-9-37(10-12-39)51(71,53(57,58)59)49(69)65-22-17-34(18-23-65)8-6-7-26-73-40-13-16-43(46(56)29-40)48(68)64(5)38-21-27-72-32-38/h9-16,29-30,33-36,38,44,71H,6-8,17-28,31-32H2,1-5H3/t36-,38-,44-,51?,52?/m0/s1. The first-order valence-corrected chi connectivity index (χ1v) is 26.3. The van der Waals surface area contributed by atoms with Crippen LogP contribution >= 0.6 is 23.2 Å². The molecule has 1 aliphatic carbocycles. The first-order valence-electron chi connectivity index (χ1n) is 25.5. The Kier molecular flexibility index (Phi) is 18.3. The van der Waals surface area contributed by atoms with Crippen LogP contribution in [-0.2, 0) is 19.9 Å². The molecule has 3 aliphatic heterocycles. The van der Waals surface area contributed by atoms with Crippen LogP contribution in [0, 0.1) is 29.6 Å². The Hall–Kier alpha value is -4.98. The lowest BCUT2D eigenvalue weighted by atomic mass is 9.85. The summed E-state index contributed by atoms with van der Waals surface area (Å²) in [5.74, 6) is -3.81. The van der Waals surface area contributed by atoms with Gasteiger partial charge in [0.2, 0.25) is 0 Å². The van der Waals surface area contributed by atoms with E-state index >= 15 is 13.2 Å². The average Bonchev–Trinajstić information content (AvgIpc) is 3.94. The van der Waals surface area contributed by atoms with E-state index in [1.807, 2.05) is 0 Å². The van der Waals surface area contributed by atoms with Crippen LogP contribution in [0.15, 0.2) is 60.7 Å². The highest BCUT2D eigenvalue weighted by molar-refractivity contribution is 6.34. The van der Waals surface area contributed by atoms with Crippen LogP contribution < -0.4 is 14.2 Å². The third-order valence-electron chi connectivity index (χ3n) is 15.4. The molecule has 75 heavy (non-hydrogen) atoms. The SMILES string of the molecule is CC(C)C(Oc1ccc(C(O)(C(=O)N2CCC(CCCCOc3ccc(C(=O)N(C)[C@H]4CCOC4)c(Cl)c3)CC2)C(F)(F)F)cc1)(C(=O)N1CCC([C@@H]2C[C@H]2COc2ccc(C(=O)N(C)C)c(Cl)c2)CC1)C(F)(F)F. The van der Waals surface area contributed by atoms with Gasteiger partial charge in [-0.15, -0.1) is 0 Å². The van der Waals surface area contributed by atoms with E-state index in [4.69, 9.17) is 42.1 Å². The van der Waals surface area contributed by atoms with Crippen molar-refractivity contribution in [3.05, 3.63) is 87.4 Å². The van der Waals surface area contributed by atoms with Crippen molar-refractivity contribution in [1.29, 1.82) is 0 Å². The van der Waals surface area contributed by atoms with Crippen molar-refractivity contribution in [2.24, 2.45) is 29.6 Å². The summed E-state index contributed by atoms with van der Waals surface area (Å²) in [6.07, 6.45) is -5.45. The van der Waals surface area contributed by atoms with Gasteiger partial charge in [-0.2, -0.15) is 26.3 Å². The molecule has 4 amide bonds. The number of aliphatic hydroxyl groups is 1. The summed E-state index contributed by atoms with van der Waals surface area (Å²) in [5.41, 5.74) is -7.65. The second-order valence-corrected chi connectivity index (χ2v) is 21.6. The predicted octanol–water partition coefficient (Wildman–Crippen LogP) is 10.1. The van der Waals surface area contributed by atoms with Crippen LogP contribution in [0.1, 0.15) is 97.9 Å². The summed E-state index contributed by atoms with van der Waals surface area (Å²) in [5, 5.41) is 11.8. The number of nitrogens with zero attached hydrogens (tertiary/aromatic N) is 4. The maximum absolute atomic E-state index is 15.3. The van der Waals surface area contributed by atoms with E-state index in [0.29, 0.717) is 99.7 Å². The summed E-state index contributed by atoms with van der Waals surface area (Å²) < 4.78 is 113. The Labute approximate surface area is 443 Å². The van der Waals surface area contributed by atoms with E-state index in [9.17, 15) is 37.5 Å². The van der Waals surface area contributed by atoms with Crippen molar-refractivity contribution >= 4 is 46.8 Å². The molecule has 1 N–H and O–H groups in total. The lowest BCUT2D eigenvalue weighted by Gasteiger charge is -2.43. The van der Waals surface area contributed by atoms with E-state index in [1.54, 1.807) is 62.4 Å². The second-order valence-electron chi connectivity index (χ2n) is 20.8. The van der Waals surface area contributed by atoms with Crippen LogP contribution in [-0.4, -0.2) is 146 Å². The van der Waals surface area contributed by atoms with Gasteiger partial charge in [0.05, 0.1) is 47.0 Å². The molecule has 3 aromatic rings. The number of likely N-dealkylation sites (tertiary alicyclic amines) is 2. The topological polar surface area (TPSA) is 138 Å². The minimum Gasteiger partial charge on any atom is -0.494 e. The number of halogens is 8. The zero-order valence-electron chi connectivity index (χ0n) is 42.8. The molecule has 0 spiro atoms. The monoisotopic (exact) mass is 1100 g/mol. The van der Waals surface area contributed by atoms with Crippen molar-refractivity contribution < 1.29 is 69.6 Å². The van der Waals surface area contributed by atoms with Gasteiger partial charge < -0.3 is 43.7 Å². The zero-order chi connectivity index (χ0) is 54.6.